The first-order valence-corrected chi connectivity index (χ1v) is 9.02. The number of carbonyl (C=O) groups is 1. The molecule has 146 valence electrons. The van der Waals surface area contributed by atoms with Gasteiger partial charge < -0.3 is 25.2 Å². The van der Waals surface area contributed by atoms with E-state index in [1.54, 1.807) is 26.1 Å². The highest BCUT2D eigenvalue weighted by Crippen LogP contribution is 2.10. The molecule has 0 aliphatic heterocycles. The lowest BCUT2D eigenvalue weighted by atomic mass is 10.3. The van der Waals surface area contributed by atoms with Crippen molar-refractivity contribution in [3.63, 3.8) is 0 Å². The second-order valence-electron chi connectivity index (χ2n) is 6.26. The summed E-state index contributed by atoms with van der Waals surface area (Å²) >= 11 is 0. The number of para-hydroxylation sites is 1. The third kappa shape index (κ3) is 9.27. The number of nitrogens with one attached hydrogen (secondary N) is 2. The molecule has 0 saturated heterocycles. The minimum absolute atomic E-state index is 0.0215. The Hall–Kier alpha value is -2.28. The van der Waals surface area contributed by atoms with Crippen LogP contribution in [0, 0.1) is 0 Å². The highest BCUT2D eigenvalue weighted by atomic mass is 16.5. The van der Waals surface area contributed by atoms with Crippen molar-refractivity contribution in [1.29, 1.82) is 0 Å². The molecule has 0 saturated carbocycles. The maximum absolute atomic E-state index is 11.7. The number of methoxy groups -OCH3 is 1. The minimum atomic E-state index is -0.0215. The SMILES string of the molecule is COCCCNC(=NCC(=O)N(C)C)NCCCN(C)c1ccccc1. The summed E-state index contributed by atoms with van der Waals surface area (Å²) in [6, 6.07) is 10.3. The average Bonchev–Trinajstić information content (AvgIpc) is 2.65. The van der Waals surface area contributed by atoms with Gasteiger partial charge in [-0.25, -0.2) is 4.99 Å². The smallest absolute Gasteiger partial charge is 0.243 e. The van der Waals surface area contributed by atoms with Crippen LogP contribution in [0.15, 0.2) is 35.3 Å². The summed E-state index contributed by atoms with van der Waals surface area (Å²) in [4.78, 5) is 19.9. The molecule has 7 nitrogen and oxygen atoms in total. The number of amides is 1. The van der Waals surface area contributed by atoms with Crippen LogP contribution in [0.4, 0.5) is 5.69 Å². The molecule has 1 aromatic carbocycles. The molecule has 7 heteroatoms. The number of rotatable bonds is 11. The van der Waals surface area contributed by atoms with Gasteiger partial charge in [-0.15, -0.1) is 0 Å². The molecule has 0 aliphatic rings. The number of likely N-dealkylation sites (N-methyl/N-ethyl adjacent to an activating group) is 1. The van der Waals surface area contributed by atoms with E-state index in [4.69, 9.17) is 4.74 Å². The molecule has 1 amide bonds. The Bertz CT molecular complexity index is 534. The Kier molecular flexibility index (Phi) is 10.9. The third-order valence-corrected chi connectivity index (χ3v) is 3.85. The van der Waals surface area contributed by atoms with Gasteiger partial charge in [0.2, 0.25) is 5.91 Å². The number of hydrogen-bond acceptors (Lipinski definition) is 4. The molecule has 0 atom stereocenters. The average molecular weight is 364 g/mol. The van der Waals surface area contributed by atoms with Crippen LogP contribution in [-0.2, 0) is 9.53 Å². The summed E-state index contributed by atoms with van der Waals surface area (Å²) < 4.78 is 5.05. The number of anilines is 1. The molecular weight excluding hydrogens is 330 g/mol. The molecule has 2 N–H and O–H groups in total. The summed E-state index contributed by atoms with van der Waals surface area (Å²) in [5, 5.41) is 6.54. The van der Waals surface area contributed by atoms with E-state index in [-0.39, 0.29) is 12.5 Å². The van der Waals surface area contributed by atoms with Crippen molar-refractivity contribution in [2.45, 2.75) is 12.8 Å². The summed E-state index contributed by atoms with van der Waals surface area (Å²) in [6.07, 6.45) is 1.85. The highest BCUT2D eigenvalue weighted by Gasteiger charge is 2.05. The summed E-state index contributed by atoms with van der Waals surface area (Å²) in [5.41, 5.74) is 1.20. The zero-order valence-corrected chi connectivity index (χ0v) is 16.5. The fourth-order valence-corrected chi connectivity index (χ4v) is 2.22. The van der Waals surface area contributed by atoms with Crippen LogP contribution in [-0.4, -0.2) is 77.8 Å². The third-order valence-electron chi connectivity index (χ3n) is 3.85. The Morgan fingerprint density at radius 2 is 1.73 bits per heavy atom. The Morgan fingerprint density at radius 1 is 1.08 bits per heavy atom. The van der Waals surface area contributed by atoms with Crippen molar-refractivity contribution in [3.05, 3.63) is 30.3 Å². The molecule has 26 heavy (non-hydrogen) atoms. The molecule has 0 radical (unpaired) electrons. The van der Waals surface area contributed by atoms with Crippen LogP contribution >= 0.6 is 0 Å². The summed E-state index contributed by atoms with van der Waals surface area (Å²) in [7, 11) is 7.24. The maximum atomic E-state index is 11.7. The number of guanidine groups is 1. The molecule has 0 aliphatic carbocycles. The number of carbonyl (C=O) groups excluding carboxylic acids is 1. The van der Waals surface area contributed by atoms with Gasteiger partial charge in [0.05, 0.1) is 0 Å². The van der Waals surface area contributed by atoms with Crippen LogP contribution in [0.5, 0.6) is 0 Å². The normalized spacial score (nSPS) is 11.2. The van der Waals surface area contributed by atoms with Crippen LogP contribution < -0.4 is 15.5 Å². The second kappa shape index (κ2) is 13.0. The van der Waals surface area contributed by atoms with Crippen molar-refractivity contribution < 1.29 is 9.53 Å². The van der Waals surface area contributed by atoms with E-state index in [2.05, 4.69) is 39.7 Å². The first-order chi connectivity index (χ1) is 12.5. The van der Waals surface area contributed by atoms with Gasteiger partial charge in [-0.3, -0.25) is 4.79 Å². The van der Waals surface area contributed by atoms with Crippen LogP contribution in [0.2, 0.25) is 0 Å². The quantitative estimate of drug-likeness (QED) is 0.351. The number of aliphatic imine (C=N–C) groups is 1. The fraction of sp³-hybridized carbons (Fsp3) is 0.579. The summed E-state index contributed by atoms with van der Waals surface area (Å²) in [6.45, 7) is 3.29. The molecule has 1 aromatic rings. The second-order valence-corrected chi connectivity index (χ2v) is 6.26. The Labute approximate surface area is 157 Å². The van der Waals surface area contributed by atoms with Gasteiger partial charge in [0.25, 0.3) is 0 Å². The van der Waals surface area contributed by atoms with E-state index >= 15 is 0 Å². The first-order valence-electron chi connectivity index (χ1n) is 9.02. The van der Waals surface area contributed by atoms with Crippen molar-refractivity contribution in [2.24, 2.45) is 4.99 Å². The Balaban J connectivity index is 2.40. The molecule has 0 heterocycles. The van der Waals surface area contributed by atoms with E-state index in [9.17, 15) is 4.79 Å². The predicted molar refractivity (Wildman–Crippen MR) is 108 cm³/mol. The van der Waals surface area contributed by atoms with Gasteiger partial charge >= 0.3 is 0 Å². The van der Waals surface area contributed by atoms with Crippen molar-refractivity contribution in [2.75, 3.05) is 65.9 Å². The van der Waals surface area contributed by atoms with Gasteiger partial charge in [0, 0.05) is 60.2 Å². The zero-order valence-electron chi connectivity index (χ0n) is 16.5. The van der Waals surface area contributed by atoms with Gasteiger partial charge in [-0.2, -0.15) is 0 Å². The molecule has 1 rings (SSSR count). The maximum Gasteiger partial charge on any atom is 0.243 e. The standard InChI is InChI=1S/C19H33N5O2/c1-23(2)18(25)16-22-19(21-13-9-15-26-4)20-12-8-14-24(3)17-10-6-5-7-11-17/h5-7,10-11H,8-9,12-16H2,1-4H3,(H2,20,21,22). The molecular formula is C19H33N5O2. The van der Waals surface area contributed by atoms with Crippen molar-refractivity contribution in [1.82, 2.24) is 15.5 Å². The highest BCUT2D eigenvalue weighted by molar-refractivity contribution is 5.84. The van der Waals surface area contributed by atoms with Crippen LogP contribution in [0.1, 0.15) is 12.8 Å². The van der Waals surface area contributed by atoms with Gasteiger partial charge in [0.15, 0.2) is 5.96 Å². The van der Waals surface area contributed by atoms with Gasteiger partial charge in [-0.1, -0.05) is 18.2 Å². The molecule has 0 spiro atoms. The fourth-order valence-electron chi connectivity index (χ4n) is 2.22. The molecule has 0 aromatic heterocycles. The molecule has 0 fully saturated rings. The number of nitrogens with zero attached hydrogens (tertiary/aromatic N) is 3. The largest absolute Gasteiger partial charge is 0.385 e. The predicted octanol–water partition coefficient (Wildman–Crippen LogP) is 1.17. The number of hydrogen-bond donors (Lipinski definition) is 2. The van der Waals surface area contributed by atoms with Crippen molar-refractivity contribution in [3.8, 4) is 0 Å². The molecule has 0 unspecified atom stereocenters. The van der Waals surface area contributed by atoms with Crippen molar-refractivity contribution >= 4 is 17.6 Å². The lowest BCUT2D eigenvalue weighted by Crippen LogP contribution is -2.40. The zero-order chi connectivity index (χ0) is 19.2. The monoisotopic (exact) mass is 363 g/mol. The van der Waals surface area contributed by atoms with Crippen LogP contribution in [0.25, 0.3) is 0 Å². The Morgan fingerprint density at radius 3 is 2.35 bits per heavy atom. The first kappa shape index (κ1) is 21.8. The van der Waals surface area contributed by atoms with Crippen LogP contribution in [0.3, 0.4) is 0 Å². The van der Waals surface area contributed by atoms with E-state index in [0.29, 0.717) is 12.6 Å². The number of benzene rings is 1. The van der Waals surface area contributed by atoms with Gasteiger partial charge in [0.1, 0.15) is 6.54 Å². The minimum Gasteiger partial charge on any atom is -0.385 e. The van der Waals surface area contributed by atoms with E-state index in [1.165, 1.54) is 5.69 Å². The number of ether oxygens (including phenoxy) is 1. The van der Waals surface area contributed by atoms with E-state index < -0.39 is 0 Å². The van der Waals surface area contributed by atoms with E-state index in [1.807, 2.05) is 18.2 Å². The molecule has 0 bridgehead atoms. The van der Waals surface area contributed by atoms with Gasteiger partial charge in [-0.05, 0) is 25.0 Å². The topological polar surface area (TPSA) is 69.2 Å². The summed E-state index contributed by atoms with van der Waals surface area (Å²) in [5.74, 6) is 0.644. The lowest BCUT2D eigenvalue weighted by molar-refractivity contribution is -0.127. The lowest BCUT2D eigenvalue weighted by Gasteiger charge is -2.20. The van der Waals surface area contributed by atoms with E-state index in [0.717, 1.165) is 32.5 Å².